The van der Waals surface area contributed by atoms with Gasteiger partial charge in [0.25, 0.3) is 5.91 Å². The number of amides is 2. The summed E-state index contributed by atoms with van der Waals surface area (Å²) in [6.07, 6.45) is 5.92. The molecule has 190 valence electrons. The fourth-order valence-electron chi connectivity index (χ4n) is 5.28. The Hall–Kier alpha value is -3.46. The number of carbonyl (C=O) groups is 2. The summed E-state index contributed by atoms with van der Waals surface area (Å²) in [5, 5.41) is 27.1. The summed E-state index contributed by atoms with van der Waals surface area (Å²) in [7, 11) is 0. The summed E-state index contributed by atoms with van der Waals surface area (Å²) in [6, 6.07) is 8.38. The smallest absolute Gasteiger partial charge is 0.270 e. The maximum Gasteiger partial charge on any atom is 0.270 e. The Morgan fingerprint density at radius 1 is 1.11 bits per heavy atom. The Labute approximate surface area is 210 Å². The number of nitrogens with one attached hydrogen (secondary N) is 3. The number of aryl methyl sites for hydroxylation is 2. The second kappa shape index (κ2) is 9.89. The minimum Gasteiger partial charge on any atom is -0.394 e. The normalized spacial score (nSPS) is 17.1. The van der Waals surface area contributed by atoms with E-state index >= 15 is 0 Å². The van der Waals surface area contributed by atoms with Gasteiger partial charge in [-0.15, -0.1) is 0 Å². The highest BCUT2D eigenvalue weighted by Gasteiger charge is 2.48. The number of rotatable bonds is 10. The number of aromatic amines is 1. The molecule has 36 heavy (non-hydrogen) atoms. The van der Waals surface area contributed by atoms with Crippen LogP contribution in [0.4, 0.5) is 5.69 Å². The van der Waals surface area contributed by atoms with Crippen molar-refractivity contribution in [3.05, 3.63) is 53.6 Å². The number of H-pyrrole nitrogens is 1. The predicted molar refractivity (Wildman–Crippen MR) is 136 cm³/mol. The van der Waals surface area contributed by atoms with E-state index in [2.05, 4.69) is 25.9 Å². The quantitative estimate of drug-likeness (QED) is 0.345. The van der Waals surface area contributed by atoms with E-state index in [0.717, 1.165) is 48.2 Å². The van der Waals surface area contributed by atoms with Gasteiger partial charge in [0.15, 0.2) is 0 Å². The molecule has 2 aliphatic rings. The molecule has 0 radical (unpaired) electrons. The fraction of sp³-hybridized carbons (Fsp3) is 0.481. The van der Waals surface area contributed by atoms with Gasteiger partial charge < -0.3 is 15.7 Å². The van der Waals surface area contributed by atoms with Crippen molar-refractivity contribution >= 4 is 17.5 Å². The van der Waals surface area contributed by atoms with Crippen LogP contribution in [0.15, 0.2) is 36.5 Å². The van der Waals surface area contributed by atoms with E-state index in [1.807, 2.05) is 38.1 Å². The minimum absolute atomic E-state index is 0.121. The first-order valence-electron chi connectivity index (χ1n) is 12.8. The first-order valence-corrected chi connectivity index (χ1v) is 12.8. The van der Waals surface area contributed by atoms with Crippen LogP contribution in [-0.2, 0) is 4.79 Å². The van der Waals surface area contributed by atoms with E-state index in [-0.39, 0.29) is 30.4 Å². The van der Waals surface area contributed by atoms with Crippen LogP contribution in [0.25, 0.3) is 11.1 Å². The van der Waals surface area contributed by atoms with Gasteiger partial charge in [0.05, 0.1) is 18.3 Å². The first kappa shape index (κ1) is 24.2. The Morgan fingerprint density at radius 2 is 1.78 bits per heavy atom. The number of anilines is 1. The summed E-state index contributed by atoms with van der Waals surface area (Å²) in [6.45, 7) is 5.61. The van der Waals surface area contributed by atoms with E-state index in [0.29, 0.717) is 23.2 Å². The number of hydrogen-bond acceptors (Lipinski definition) is 5. The van der Waals surface area contributed by atoms with Crippen molar-refractivity contribution in [2.45, 2.75) is 58.5 Å². The molecule has 0 aliphatic heterocycles. The zero-order valence-corrected chi connectivity index (χ0v) is 21.0. The van der Waals surface area contributed by atoms with Crippen molar-refractivity contribution < 1.29 is 14.7 Å². The van der Waals surface area contributed by atoms with E-state index in [4.69, 9.17) is 0 Å². The molecule has 4 N–H and O–H groups in total. The largest absolute Gasteiger partial charge is 0.394 e. The van der Waals surface area contributed by atoms with Gasteiger partial charge in [-0.2, -0.15) is 10.2 Å². The Kier molecular flexibility index (Phi) is 6.66. The predicted octanol–water partition coefficient (Wildman–Crippen LogP) is 3.62. The monoisotopic (exact) mass is 490 g/mol. The second-order valence-electron chi connectivity index (χ2n) is 10.3. The molecule has 2 unspecified atom stereocenters. The summed E-state index contributed by atoms with van der Waals surface area (Å²) in [5.74, 6) is 0.502. The van der Waals surface area contributed by atoms with E-state index in [9.17, 15) is 14.7 Å². The van der Waals surface area contributed by atoms with Crippen LogP contribution in [0.1, 0.15) is 60.5 Å². The lowest BCUT2D eigenvalue weighted by Crippen LogP contribution is -2.50. The molecule has 1 aromatic carbocycles. The van der Waals surface area contributed by atoms with Crippen molar-refractivity contribution in [1.82, 2.24) is 25.3 Å². The molecule has 2 amide bonds. The molecule has 2 heterocycles. The Bertz CT molecular complexity index is 1210. The van der Waals surface area contributed by atoms with Crippen molar-refractivity contribution in [3.8, 4) is 11.1 Å². The van der Waals surface area contributed by atoms with Crippen LogP contribution in [0.3, 0.4) is 0 Å². The summed E-state index contributed by atoms with van der Waals surface area (Å²) >= 11 is 0. The van der Waals surface area contributed by atoms with Gasteiger partial charge >= 0.3 is 0 Å². The molecule has 5 rings (SSSR count). The Balaban J connectivity index is 1.36. The number of hydrogen-bond donors (Lipinski definition) is 4. The maximum absolute atomic E-state index is 13.6. The third-order valence-electron chi connectivity index (χ3n) is 7.44. The maximum atomic E-state index is 13.6. The van der Waals surface area contributed by atoms with Crippen LogP contribution in [-0.4, -0.2) is 49.5 Å². The SMILES string of the molecule is Cc1n[nH]c(C)c1-c1ccc(NC(=O)C(NC(=O)c2ccnn2C(C)CO)C(C2CC2)C2CC2)cc1. The number of aliphatic hydroxyl groups is 1. The second-order valence-corrected chi connectivity index (χ2v) is 10.3. The van der Waals surface area contributed by atoms with Gasteiger partial charge in [-0.1, -0.05) is 12.1 Å². The number of aliphatic hydroxyl groups excluding tert-OH is 1. The molecule has 9 nitrogen and oxygen atoms in total. The topological polar surface area (TPSA) is 125 Å². The van der Waals surface area contributed by atoms with Crippen LogP contribution in [0.2, 0.25) is 0 Å². The lowest BCUT2D eigenvalue weighted by Gasteiger charge is -2.28. The zero-order chi connectivity index (χ0) is 25.4. The first-order chi connectivity index (χ1) is 17.4. The molecular formula is C27H34N6O3. The van der Waals surface area contributed by atoms with Crippen molar-refractivity contribution in [1.29, 1.82) is 0 Å². The van der Waals surface area contributed by atoms with Crippen LogP contribution in [0.5, 0.6) is 0 Å². The highest BCUT2D eigenvalue weighted by atomic mass is 16.3. The molecule has 2 fully saturated rings. The number of aromatic nitrogens is 4. The molecule has 2 aliphatic carbocycles. The number of carbonyl (C=O) groups excluding carboxylic acids is 2. The summed E-state index contributed by atoms with van der Waals surface area (Å²) in [4.78, 5) is 26.9. The van der Waals surface area contributed by atoms with Gasteiger partial charge in [0.2, 0.25) is 5.91 Å². The molecule has 9 heteroatoms. The van der Waals surface area contributed by atoms with Gasteiger partial charge in [0.1, 0.15) is 11.7 Å². The van der Waals surface area contributed by atoms with Crippen LogP contribution >= 0.6 is 0 Å². The van der Waals surface area contributed by atoms with Crippen molar-refractivity contribution in [2.75, 3.05) is 11.9 Å². The number of nitrogens with zero attached hydrogens (tertiary/aromatic N) is 3. The molecule has 2 atom stereocenters. The fourth-order valence-corrected chi connectivity index (χ4v) is 5.28. The van der Waals surface area contributed by atoms with Crippen LogP contribution < -0.4 is 10.6 Å². The molecule has 3 aromatic rings. The average Bonchev–Trinajstić information content (AvgIpc) is 3.81. The van der Waals surface area contributed by atoms with Gasteiger partial charge in [-0.05, 0) is 88.0 Å². The highest BCUT2D eigenvalue weighted by Crippen LogP contribution is 2.51. The number of benzene rings is 1. The van der Waals surface area contributed by atoms with E-state index in [1.54, 1.807) is 19.2 Å². The summed E-state index contributed by atoms with van der Waals surface area (Å²) < 4.78 is 1.51. The third kappa shape index (κ3) is 4.93. The van der Waals surface area contributed by atoms with Crippen molar-refractivity contribution in [3.63, 3.8) is 0 Å². The summed E-state index contributed by atoms with van der Waals surface area (Å²) in [5.41, 5.74) is 5.05. The minimum atomic E-state index is -0.636. The Morgan fingerprint density at radius 3 is 2.33 bits per heavy atom. The molecule has 0 spiro atoms. The van der Waals surface area contributed by atoms with Crippen molar-refractivity contribution in [2.24, 2.45) is 17.8 Å². The van der Waals surface area contributed by atoms with Gasteiger partial charge in [-0.3, -0.25) is 19.4 Å². The molecule has 0 saturated heterocycles. The van der Waals surface area contributed by atoms with E-state index in [1.165, 1.54) is 4.68 Å². The molecule has 0 bridgehead atoms. The van der Waals surface area contributed by atoms with E-state index < -0.39 is 6.04 Å². The third-order valence-corrected chi connectivity index (χ3v) is 7.44. The lowest BCUT2D eigenvalue weighted by atomic mass is 9.88. The molecular weight excluding hydrogens is 456 g/mol. The highest BCUT2D eigenvalue weighted by molar-refractivity contribution is 6.01. The average molecular weight is 491 g/mol. The van der Waals surface area contributed by atoms with Crippen LogP contribution in [0, 0.1) is 31.6 Å². The lowest BCUT2D eigenvalue weighted by molar-refractivity contribution is -0.119. The van der Waals surface area contributed by atoms with Gasteiger partial charge in [0, 0.05) is 23.1 Å². The molecule has 2 saturated carbocycles. The zero-order valence-electron chi connectivity index (χ0n) is 21.0. The standard InChI is InChI=1S/C27H34N6O3/c1-15(14-34)33-22(12-13-28-33)26(35)30-25(24(19-4-5-19)20-6-7-20)27(36)29-21-10-8-18(9-11-21)23-16(2)31-32-17(23)3/h8-13,15,19-20,24-25,34H,4-7,14H2,1-3H3,(H,29,36)(H,30,35)(H,31,32). The molecule has 2 aromatic heterocycles. The van der Waals surface area contributed by atoms with Gasteiger partial charge in [-0.25, -0.2) is 0 Å².